The summed E-state index contributed by atoms with van der Waals surface area (Å²) in [4.78, 5) is 9.22. The number of rotatable bonds is 8. The smallest absolute Gasteiger partial charge is 0.364 e. The Morgan fingerprint density at radius 2 is 1.29 bits per heavy atom. The molecule has 1 rings (SSSR count). The Balaban J connectivity index is 0. The van der Waals surface area contributed by atoms with Gasteiger partial charge in [0.25, 0.3) is 0 Å². The Morgan fingerprint density at radius 3 is 1.50 bits per heavy atom. The van der Waals surface area contributed by atoms with Crippen molar-refractivity contribution < 1.29 is 14.3 Å². The van der Waals surface area contributed by atoms with E-state index in [4.69, 9.17) is 5.11 Å². The van der Waals surface area contributed by atoms with Gasteiger partial charge < -0.3 is 5.11 Å². The van der Waals surface area contributed by atoms with Gasteiger partial charge in [0.15, 0.2) is 0 Å². The highest BCUT2D eigenvalue weighted by Gasteiger charge is 1.96. The second kappa shape index (κ2) is 16.7. The van der Waals surface area contributed by atoms with Crippen molar-refractivity contribution in [2.75, 3.05) is 0 Å². The summed E-state index contributed by atoms with van der Waals surface area (Å²) in [6.45, 7) is 17.1. The van der Waals surface area contributed by atoms with Crippen LogP contribution in [-0.2, 0) is 4.79 Å². The summed E-state index contributed by atoms with van der Waals surface area (Å²) in [7, 11) is 0. The van der Waals surface area contributed by atoms with E-state index in [-0.39, 0.29) is 0 Å². The highest BCUT2D eigenvalue weighted by atomic mass is 19.1. The fourth-order valence-electron chi connectivity index (χ4n) is 1.46. The summed E-state index contributed by atoms with van der Waals surface area (Å²) < 4.78 is 11.0. The molecule has 1 N–H and O–H groups in total. The topological polar surface area (TPSA) is 37.3 Å². The zero-order chi connectivity index (χ0) is 18.8. The quantitative estimate of drug-likeness (QED) is 0.338. The number of carbonyl (C=O) groups is 1. The van der Waals surface area contributed by atoms with E-state index >= 15 is 0 Å². The summed E-state index contributed by atoms with van der Waals surface area (Å²) in [5, 5.41) is 7.52. The summed E-state index contributed by atoms with van der Waals surface area (Å²) in [6.07, 6.45) is 12.4. The van der Waals surface area contributed by atoms with E-state index in [0.29, 0.717) is 0 Å². The van der Waals surface area contributed by atoms with Crippen molar-refractivity contribution in [3.8, 4) is 0 Å². The van der Waals surface area contributed by atoms with Gasteiger partial charge >= 0.3 is 5.97 Å². The van der Waals surface area contributed by atoms with Gasteiger partial charge in [0.2, 0.25) is 5.83 Å². The van der Waals surface area contributed by atoms with Crippen LogP contribution in [0, 0.1) is 0 Å². The second-order valence-electron chi connectivity index (χ2n) is 4.61. The lowest BCUT2D eigenvalue weighted by Crippen LogP contribution is -1.90. The van der Waals surface area contributed by atoms with Crippen LogP contribution in [0.4, 0.5) is 4.39 Å². The third-order valence-corrected chi connectivity index (χ3v) is 2.73. The van der Waals surface area contributed by atoms with Gasteiger partial charge in [-0.2, -0.15) is 4.39 Å². The number of carboxylic acid groups (broad SMARTS) is 1. The van der Waals surface area contributed by atoms with Crippen molar-refractivity contribution in [2.24, 2.45) is 0 Å². The van der Waals surface area contributed by atoms with Gasteiger partial charge in [-0.3, -0.25) is 0 Å². The van der Waals surface area contributed by atoms with Gasteiger partial charge in [-0.25, -0.2) is 4.79 Å². The molecule has 2 nitrogen and oxygen atoms in total. The highest BCUT2D eigenvalue weighted by molar-refractivity contribution is 5.83. The zero-order valence-electron chi connectivity index (χ0n) is 14.2. The molecule has 0 amide bonds. The molecular formula is C21H27FO2. The number of aliphatic carboxylic acids is 1. The van der Waals surface area contributed by atoms with Gasteiger partial charge in [-0.1, -0.05) is 68.3 Å². The van der Waals surface area contributed by atoms with E-state index in [1.54, 1.807) is 0 Å². The van der Waals surface area contributed by atoms with Crippen LogP contribution in [0.2, 0.25) is 0 Å². The second-order valence-corrected chi connectivity index (χ2v) is 4.61. The van der Waals surface area contributed by atoms with Crippen molar-refractivity contribution in [1.29, 1.82) is 0 Å². The summed E-state index contributed by atoms with van der Waals surface area (Å²) in [6, 6.07) is 8.02. The first kappa shape index (κ1) is 23.6. The number of benzene rings is 1. The molecule has 24 heavy (non-hydrogen) atoms. The van der Waals surface area contributed by atoms with E-state index < -0.39 is 11.8 Å². The first-order valence-electron chi connectivity index (χ1n) is 7.57. The maximum absolute atomic E-state index is 11.0. The summed E-state index contributed by atoms with van der Waals surface area (Å²) in [5.41, 5.74) is 2.27. The Kier molecular flexibility index (Phi) is 16.4. The van der Waals surface area contributed by atoms with Gasteiger partial charge in [0.1, 0.15) is 0 Å². The standard InChI is InChI=1S/C10H10.C8H14.C3H3FO2/c1-3-9-7-5-6-8-10(9)4-2;1-3-5-7-8-6-4-2;1-2(4)3(5)6/h3-8H,1-2H2;3-4H,1-2,5-8H2;1H2,(H,5,6). The molecular weight excluding hydrogens is 303 g/mol. The molecule has 0 saturated heterocycles. The number of hydrogen-bond acceptors (Lipinski definition) is 1. The molecule has 1 aromatic carbocycles. The Hall–Kier alpha value is -2.68. The molecule has 0 radical (unpaired) electrons. The molecule has 0 unspecified atom stereocenters. The third kappa shape index (κ3) is 14.3. The maximum atomic E-state index is 11.0. The minimum atomic E-state index is -1.60. The van der Waals surface area contributed by atoms with Gasteiger partial charge in [0, 0.05) is 0 Å². The Morgan fingerprint density at radius 1 is 0.958 bits per heavy atom. The number of carboxylic acids is 1. The molecule has 0 saturated carbocycles. The van der Waals surface area contributed by atoms with Crippen molar-refractivity contribution >= 4 is 18.1 Å². The van der Waals surface area contributed by atoms with Crippen molar-refractivity contribution in [3.05, 3.63) is 86.3 Å². The number of allylic oxidation sites excluding steroid dienone is 2. The molecule has 1 aromatic rings. The van der Waals surface area contributed by atoms with Crippen LogP contribution in [0.25, 0.3) is 12.2 Å². The van der Waals surface area contributed by atoms with Crippen molar-refractivity contribution in [3.63, 3.8) is 0 Å². The fourth-order valence-corrected chi connectivity index (χ4v) is 1.46. The Bertz CT molecular complexity index is 496. The van der Waals surface area contributed by atoms with Crippen LogP contribution in [0.3, 0.4) is 0 Å². The van der Waals surface area contributed by atoms with Gasteiger partial charge in [-0.05, 0) is 36.8 Å². The van der Waals surface area contributed by atoms with E-state index in [1.165, 1.54) is 12.8 Å². The molecule has 0 heterocycles. The first-order chi connectivity index (χ1) is 11.4. The van der Waals surface area contributed by atoms with Crippen LogP contribution >= 0.6 is 0 Å². The molecule has 130 valence electrons. The van der Waals surface area contributed by atoms with Crippen LogP contribution in [0.15, 0.2) is 75.1 Å². The molecule has 0 atom stereocenters. The van der Waals surface area contributed by atoms with E-state index in [2.05, 4.69) is 32.9 Å². The maximum Gasteiger partial charge on any atom is 0.364 e. The predicted molar refractivity (Wildman–Crippen MR) is 103 cm³/mol. The molecule has 0 aliphatic carbocycles. The van der Waals surface area contributed by atoms with Gasteiger partial charge in [-0.15, -0.1) is 13.2 Å². The fraction of sp³-hybridized carbons (Fsp3) is 0.190. The highest BCUT2D eigenvalue weighted by Crippen LogP contribution is 2.10. The molecule has 0 spiro atoms. The predicted octanol–water partition coefficient (Wildman–Crippen LogP) is 6.45. The number of hydrogen-bond donors (Lipinski definition) is 1. The monoisotopic (exact) mass is 330 g/mol. The Labute approximate surface area is 145 Å². The molecule has 0 aliphatic rings. The van der Waals surface area contributed by atoms with E-state index in [0.717, 1.165) is 24.0 Å². The number of unbranched alkanes of at least 4 members (excludes halogenated alkanes) is 3. The van der Waals surface area contributed by atoms with Crippen molar-refractivity contribution in [2.45, 2.75) is 25.7 Å². The SMILES string of the molecule is C=C(F)C(=O)O.C=CCCCCC=C.C=Cc1ccccc1C=C. The minimum absolute atomic E-state index is 1.14. The molecule has 0 fully saturated rings. The van der Waals surface area contributed by atoms with E-state index in [1.807, 2.05) is 48.6 Å². The summed E-state index contributed by atoms with van der Waals surface area (Å²) >= 11 is 0. The molecule has 3 heteroatoms. The lowest BCUT2D eigenvalue weighted by molar-refractivity contribution is -0.134. The average Bonchev–Trinajstić information content (AvgIpc) is 2.59. The molecule has 0 aromatic heterocycles. The normalized spacial score (nSPS) is 8.38. The van der Waals surface area contributed by atoms with Gasteiger partial charge in [0.05, 0.1) is 0 Å². The lowest BCUT2D eigenvalue weighted by atomic mass is 10.1. The lowest BCUT2D eigenvalue weighted by Gasteiger charge is -1.96. The van der Waals surface area contributed by atoms with E-state index in [9.17, 15) is 9.18 Å². The van der Waals surface area contributed by atoms with Crippen LogP contribution in [0.1, 0.15) is 36.8 Å². The summed E-state index contributed by atoms with van der Waals surface area (Å²) in [5.74, 6) is -2.93. The van der Waals surface area contributed by atoms with Crippen LogP contribution in [0.5, 0.6) is 0 Å². The van der Waals surface area contributed by atoms with Crippen LogP contribution < -0.4 is 0 Å². The first-order valence-corrected chi connectivity index (χ1v) is 7.57. The average molecular weight is 330 g/mol. The minimum Gasteiger partial charge on any atom is -0.476 e. The van der Waals surface area contributed by atoms with Crippen LogP contribution in [-0.4, -0.2) is 11.1 Å². The van der Waals surface area contributed by atoms with Crippen molar-refractivity contribution in [1.82, 2.24) is 0 Å². The molecule has 0 bridgehead atoms. The largest absolute Gasteiger partial charge is 0.476 e. The number of halogens is 1. The molecule has 0 aliphatic heterocycles. The third-order valence-electron chi connectivity index (χ3n) is 2.73. The zero-order valence-corrected chi connectivity index (χ0v) is 14.2.